The van der Waals surface area contributed by atoms with E-state index in [1.807, 2.05) is 12.4 Å². The van der Waals surface area contributed by atoms with E-state index in [4.69, 9.17) is 0 Å². The minimum atomic E-state index is 0.715. The largest absolute Gasteiger partial charge is 0.384 e. The van der Waals surface area contributed by atoms with Crippen molar-refractivity contribution >= 4 is 16.5 Å². The van der Waals surface area contributed by atoms with Crippen molar-refractivity contribution in [1.29, 1.82) is 0 Å². The molecule has 0 saturated carbocycles. The zero-order chi connectivity index (χ0) is 12.1. The lowest BCUT2D eigenvalue weighted by Gasteiger charge is -2.14. The van der Waals surface area contributed by atoms with E-state index in [2.05, 4.69) is 48.4 Å². The number of hydrogen-bond donors (Lipinski definition) is 1. The number of fused-ring (bicyclic) bond motifs is 1. The van der Waals surface area contributed by atoms with Crippen LogP contribution in [0, 0.1) is 5.92 Å². The summed E-state index contributed by atoms with van der Waals surface area (Å²) >= 11 is 0. The summed E-state index contributed by atoms with van der Waals surface area (Å²) in [6.07, 6.45) is 6.30. The summed E-state index contributed by atoms with van der Waals surface area (Å²) in [5.41, 5.74) is 1.19. The standard InChI is InChI=1S/C15H20N2/c1-3-5-12(2)10-17-15-7-4-6-13-8-9-16-11-14(13)15/h4,6-9,11-12,17H,3,5,10H2,1-2H3. The first kappa shape index (κ1) is 11.9. The number of hydrogen-bond acceptors (Lipinski definition) is 2. The molecule has 1 unspecified atom stereocenters. The Labute approximate surface area is 103 Å². The zero-order valence-electron chi connectivity index (χ0n) is 10.6. The lowest BCUT2D eigenvalue weighted by atomic mass is 10.1. The summed E-state index contributed by atoms with van der Waals surface area (Å²) in [5, 5.41) is 5.98. The van der Waals surface area contributed by atoms with Crippen molar-refractivity contribution in [3.05, 3.63) is 36.7 Å². The summed E-state index contributed by atoms with van der Waals surface area (Å²) in [6, 6.07) is 8.39. The molecule has 90 valence electrons. The molecule has 2 nitrogen and oxygen atoms in total. The Kier molecular flexibility index (Phi) is 3.97. The SMILES string of the molecule is CCCC(C)CNc1cccc2ccncc12. The van der Waals surface area contributed by atoms with Crippen LogP contribution in [-0.4, -0.2) is 11.5 Å². The van der Waals surface area contributed by atoms with Gasteiger partial charge in [-0.2, -0.15) is 0 Å². The second-order valence-electron chi connectivity index (χ2n) is 4.68. The van der Waals surface area contributed by atoms with Gasteiger partial charge in [-0.25, -0.2) is 0 Å². The molecular formula is C15H20N2. The molecule has 0 aliphatic carbocycles. The Morgan fingerprint density at radius 2 is 2.18 bits per heavy atom. The zero-order valence-corrected chi connectivity index (χ0v) is 10.6. The predicted octanol–water partition coefficient (Wildman–Crippen LogP) is 4.08. The van der Waals surface area contributed by atoms with Crippen LogP contribution >= 0.6 is 0 Å². The fourth-order valence-electron chi connectivity index (χ4n) is 2.15. The van der Waals surface area contributed by atoms with E-state index in [9.17, 15) is 0 Å². The van der Waals surface area contributed by atoms with Crippen LogP contribution in [0.15, 0.2) is 36.7 Å². The van der Waals surface area contributed by atoms with E-state index in [1.165, 1.54) is 29.3 Å². The third kappa shape index (κ3) is 2.96. The maximum absolute atomic E-state index is 4.20. The number of aromatic nitrogens is 1. The summed E-state index contributed by atoms with van der Waals surface area (Å²) < 4.78 is 0. The maximum Gasteiger partial charge on any atom is 0.0435 e. The van der Waals surface area contributed by atoms with Gasteiger partial charge >= 0.3 is 0 Å². The Hall–Kier alpha value is -1.57. The molecule has 0 aliphatic rings. The van der Waals surface area contributed by atoms with Gasteiger partial charge < -0.3 is 5.32 Å². The molecule has 1 aromatic heterocycles. The van der Waals surface area contributed by atoms with Gasteiger partial charge in [0.1, 0.15) is 0 Å². The molecule has 17 heavy (non-hydrogen) atoms. The van der Waals surface area contributed by atoms with Crippen molar-refractivity contribution in [3.63, 3.8) is 0 Å². The van der Waals surface area contributed by atoms with Crippen molar-refractivity contribution in [1.82, 2.24) is 4.98 Å². The topological polar surface area (TPSA) is 24.9 Å². The van der Waals surface area contributed by atoms with Gasteiger partial charge in [-0.15, -0.1) is 0 Å². The van der Waals surface area contributed by atoms with Gasteiger partial charge in [0.2, 0.25) is 0 Å². The van der Waals surface area contributed by atoms with E-state index >= 15 is 0 Å². The maximum atomic E-state index is 4.20. The molecule has 0 bridgehead atoms. The average Bonchev–Trinajstić information content (AvgIpc) is 2.36. The monoisotopic (exact) mass is 228 g/mol. The molecule has 1 aromatic carbocycles. The highest BCUT2D eigenvalue weighted by Gasteiger charge is 2.03. The lowest BCUT2D eigenvalue weighted by Crippen LogP contribution is -2.11. The molecule has 2 aromatic rings. The molecule has 0 aliphatic heterocycles. The fraction of sp³-hybridized carbons (Fsp3) is 0.400. The van der Waals surface area contributed by atoms with E-state index in [0.29, 0.717) is 5.92 Å². The molecule has 0 radical (unpaired) electrons. The minimum absolute atomic E-state index is 0.715. The van der Waals surface area contributed by atoms with Crippen LogP contribution in [0.25, 0.3) is 10.8 Å². The smallest absolute Gasteiger partial charge is 0.0435 e. The Bertz CT molecular complexity index is 474. The number of rotatable bonds is 5. The molecule has 0 saturated heterocycles. The van der Waals surface area contributed by atoms with E-state index in [1.54, 1.807) is 0 Å². The van der Waals surface area contributed by atoms with E-state index < -0.39 is 0 Å². The van der Waals surface area contributed by atoms with Gasteiger partial charge in [-0.05, 0) is 29.9 Å². The highest BCUT2D eigenvalue weighted by Crippen LogP contribution is 2.22. The second-order valence-corrected chi connectivity index (χ2v) is 4.68. The fourth-order valence-corrected chi connectivity index (χ4v) is 2.15. The van der Waals surface area contributed by atoms with Crippen molar-refractivity contribution < 1.29 is 0 Å². The second kappa shape index (κ2) is 5.67. The van der Waals surface area contributed by atoms with E-state index in [-0.39, 0.29) is 0 Å². The predicted molar refractivity (Wildman–Crippen MR) is 74.3 cm³/mol. The van der Waals surface area contributed by atoms with Crippen LogP contribution in [0.4, 0.5) is 5.69 Å². The van der Waals surface area contributed by atoms with Crippen LogP contribution in [0.1, 0.15) is 26.7 Å². The number of pyridine rings is 1. The van der Waals surface area contributed by atoms with Crippen molar-refractivity contribution in [3.8, 4) is 0 Å². The molecule has 2 rings (SSSR count). The summed E-state index contributed by atoms with van der Waals surface area (Å²) in [6.45, 7) is 5.56. The van der Waals surface area contributed by atoms with Gasteiger partial charge in [0, 0.05) is 30.0 Å². The van der Waals surface area contributed by atoms with Crippen LogP contribution < -0.4 is 5.32 Å². The van der Waals surface area contributed by atoms with Gasteiger partial charge in [0.05, 0.1) is 0 Å². The molecule has 1 heterocycles. The highest BCUT2D eigenvalue weighted by molar-refractivity contribution is 5.93. The molecule has 1 N–H and O–H groups in total. The number of anilines is 1. The van der Waals surface area contributed by atoms with Crippen LogP contribution in [0.5, 0.6) is 0 Å². The molecule has 0 amide bonds. The third-order valence-electron chi connectivity index (χ3n) is 3.11. The Morgan fingerprint density at radius 3 is 3.00 bits per heavy atom. The van der Waals surface area contributed by atoms with Gasteiger partial charge in [-0.3, -0.25) is 4.98 Å². The van der Waals surface area contributed by atoms with Crippen molar-refractivity contribution in [2.24, 2.45) is 5.92 Å². The molecule has 0 spiro atoms. The Balaban J connectivity index is 2.13. The summed E-state index contributed by atoms with van der Waals surface area (Å²) in [4.78, 5) is 4.20. The van der Waals surface area contributed by atoms with Crippen LogP contribution in [0.3, 0.4) is 0 Å². The highest BCUT2D eigenvalue weighted by atomic mass is 14.9. The lowest BCUT2D eigenvalue weighted by molar-refractivity contribution is 0.551. The first-order valence-electron chi connectivity index (χ1n) is 6.38. The summed E-state index contributed by atoms with van der Waals surface area (Å²) in [7, 11) is 0. The minimum Gasteiger partial charge on any atom is -0.384 e. The van der Waals surface area contributed by atoms with Crippen LogP contribution in [0.2, 0.25) is 0 Å². The number of nitrogens with one attached hydrogen (secondary N) is 1. The molecular weight excluding hydrogens is 208 g/mol. The normalized spacial score (nSPS) is 12.6. The molecule has 0 fully saturated rings. The quantitative estimate of drug-likeness (QED) is 0.834. The average molecular weight is 228 g/mol. The number of nitrogens with zero attached hydrogens (tertiary/aromatic N) is 1. The van der Waals surface area contributed by atoms with Gasteiger partial charge in [0.25, 0.3) is 0 Å². The Morgan fingerprint density at radius 1 is 1.29 bits per heavy atom. The molecule has 2 heteroatoms. The van der Waals surface area contributed by atoms with Gasteiger partial charge in [-0.1, -0.05) is 32.4 Å². The third-order valence-corrected chi connectivity index (χ3v) is 3.11. The van der Waals surface area contributed by atoms with Crippen molar-refractivity contribution in [2.75, 3.05) is 11.9 Å². The van der Waals surface area contributed by atoms with Gasteiger partial charge in [0.15, 0.2) is 0 Å². The van der Waals surface area contributed by atoms with Crippen LogP contribution in [-0.2, 0) is 0 Å². The number of benzene rings is 1. The summed E-state index contributed by atoms with van der Waals surface area (Å²) in [5.74, 6) is 0.715. The van der Waals surface area contributed by atoms with Crippen molar-refractivity contribution in [2.45, 2.75) is 26.7 Å². The first-order chi connectivity index (χ1) is 8.31. The van der Waals surface area contributed by atoms with E-state index in [0.717, 1.165) is 6.54 Å². The molecule has 1 atom stereocenters. The first-order valence-corrected chi connectivity index (χ1v) is 6.38.